The van der Waals surface area contributed by atoms with Gasteiger partial charge < -0.3 is 0 Å². The lowest BCUT2D eigenvalue weighted by Crippen LogP contribution is -2.79. The number of hydrogen-bond acceptors (Lipinski definition) is 0. The molecule has 4 aromatic rings. The summed E-state index contributed by atoms with van der Waals surface area (Å²) in [4.78, 5) is 0. The van der Waals surface area contributed by atoms with Crippen LogP contribution < -0.4 is 21.9 Å². The van der Waals surface area contributed by atoms with Crippen LogP contribution in [0.4, 0.5) is 0 Å². The molecule has 0 aliphatic carbocycles. The van der Waals surface area contributed by atoms with Gasteiger partial charge in [-0.05, 0) is 205 Å². The van der Waals surface area contributed by atoms with Crippen molar-refractivity contribution < 1.29 is 0 Å². The van der Waals surface area contributed by atoms with Crippen LogP contribution in [0, 0.1) is 138 Å². The molecule has 0 saturated heterocycles. The Morgan fingerprint density at radius 1 is 0.156 bits per heavy atom. The lowest BCUT2D eigenvalue weighted by atomic mass is 9.09. The van der Waals surface area contributed by atoms with Crippen molar-refractivity contribution >= 4 is 28.0 Å². The maximum Gasteiger partial charge on any atom is 0.110 e. The molecule has 0 spiro atoms. The van der Waals surface area contributed by atoms with Crippen LogP contribution in [0.5, 0.6) is 0 Å². The Kier molecular flexibility index (Phi) is 9.00. The molecule has 4 aromatic carbocycles. The molecule has 0 aliphatic rings. The molecule has 0 amide bonds. The number of rotatable bonds is 4. The summed E-state index contributed by atoms with van der Waals surface area (Å²) in [6.07, 6.45) is -1.63. The van der Waals surface area contributed by atoms with Crippen LogP contribution in [-0.2, 0) is 0 Å². The summed E-state index contributed by atoms with van der Waals surface area (Å²) in [7, 11) is 0. The van der Waals surface area contributed by atoms with E-state index < -0.39 is 6.15 Å². The third kappa shape index (κ3) is 4.54. The van der Waals surface area contributed by atoms with E-state index in [1.54, 1.807) is 21.9 Å². The van der Waals surface area contributed by atoms with E-state index in [9.17, 15) is 0 Å². The van der Waals surface area contributed by atoms with Gasteiger partial charge in [0.1, 0.15) is 6.15 Å². The smallest absolute Gasteiger partial charge is 0.110 e. The Morgan fingerprint density at radius 2 is 0.244 bits per heavy atom. The maximum atomic E-state index is 2.43. The van der Waals surface area contributed by atoms with Gasteiger partial charge >= 0.3 is 0 Å². The standard InChI is InChI=1S/C44H60B/c1-21-25(5)33(13)41(34(14)26(21)6)45(42-35(15)27(7)22(2)28(8)36(42)16,43-37(17)29(9)23(3)30(10)38(43)18)44-39(19)31(11)24(4)32(12)40(44)20/h1-20H3/q-1. The van der Waals surface area contributed by atoms with E-state index in [4.69, 9.17) is 0 Å². The summed E-state index contributed by atoms with van der Waals surface area (Å²) in [6.45, 7) is 47.6. The molecule has 45 heavy (non-hydrogen) atoms. The van der Waals surface area contributed by atoms with Crippen molar-refractivity contribution in [1.29, 1.82) is 0 Å². The van der Waals surface area contributed by atoms with Crippen molar-refractivity contribution in [1.82, 2.24) is 0 Å². The molecular weight excluding hydrogens is 539 g/mol. The molecule has 0 saturated carbocycles. The van der Waals surface area contributed by atoms with E-state index in [1.807, 2.05) is 0 Å². The molecule has 0 nitrogen and oxygen atoms in total. The van der Waals surface area contributed by atoms with E-state index in [2.05, 4.69) is 138 Å². The molecule has 0 N–H and O–H groups in total. The Morgan fingerprint density at radius 3 is 0.356 bits per heavy atom. The highest BCUT2D eigenvalue weighted by Gasteiger charge is 2.42. The fraction of sp³-hybridized carbons (Fsp3) is 0.455. The molecule has 0 bridgehead atoms. The van der Waals surface area contributed by atoms with E-state index >= 15 is 0 Å². The highest BCUT2D eigenvalue weighted by molar-refractivity contribution is 7.21. The molecule has 0 heterocycles. The average Bonchev–Trinajstić information content (AvgIpc) is 3.00. The first-order valence-electron chi connectivity index (χ1n) is 17.2. The second-order valence-electron chi connectivity index (χ2n) is 15.0. The van der Waals surface area contributed by atoms with Gasteiger partial charge in [0.15, 0.2) is 0 Å². The first-order chi connectivity index (χ1) is 20.7. The molecule has 240 valence electrons. The SMILES string of the molecule is Cc1c(C)c(C)c([B-](c2c(C)c(C)c(C)c(C)c2C)(c2c(C)c(C)c(C)c(C)c2C)c2c(C)c(C)c(C)c(C)c2C)c(C)c1C. The van der Waals surface area contributed by atoms with Crippen LogP contribution in [0.1, 0.15) is 111 Å². The van der Waals surface area contributed by atoms with Crippen LogP contribution >= 0.6 is 0 Å². The molecule has 0 atom stereocenters. The fourth-order valence-corrected chi connectivity index (χ4v) is 9.58. The fourth-order valence-electron chi connectivity index (χ4n) is 9.58. The van der Waals surface area contributed by atoms with E-state index in [0.29, 0.717) is 0 Å². The van der Waals surface area contributed by atoms with Crippen molar-refractivity contribution in [2.45, 2.75) is 138 Å². The molecule has 4 rings (SSSR count). The highest BCUT2D eigenvalue weighted by Crippen LogP contribution is 2.33. The third-order valence-corrected chi connectivity index (χ3v) is 14.0. The van der Waals surface area contributed by atoms with Gasteiger partial charge in [-0.2, -0.15) is 21.9 Å². The third-order valence-electron chi connectivity index (χ3n) is 14.0. The zero-order valence-electron chi connectivity index (χ0n) is 32.6. The van der Waals surface area contributed by atoms with Gasteiger partial charge in [-0.1, -0.05) is 44.5 Å². The number of benzene rings is 4. The first-order valence-corrected chi connectivity index (χ1v) is 17.2. The molecule has 0 aliphatic heterocycles. The maximum absolute atomic E-state index is 2.43. The van der Waals surface area contributed by atoms with Crippen LogP contribution in [0.15, 0.2) is 0 Å². The van der Waals surface area contributed by atoms with Crippen molar-refractivity contribution in [2.24, 2.45) is 0 Å². The molecule has 0 unspecified atom stereocenters. The minimum Gasteiger partial charge on any atom is -0.189 e. The predicted octanol–water partition coefficient (Wildman–Crippen LogP) is 9.23. The second kappa shape index (κ2) is 11.6. The van der Waals surface area contributed by atoms with Crippen molar-refractivity contribution in [3.63, 3.8) is 0 Å². The van der Waals surface area contributed by atoms with Crippen molar-refractivity contribution in [3.05, 3.63) is 111 Å². The van der Waals surface area contributed by atoms with Crippen molar-refractivity contribution in [2.75, 3.05) is 0 Å². The lowest BCUT2D eigenvalue weighted by Gasteiger charge is -2.53. The second-order valence-corrected chi connectivity index (χ2v) is 15.0. The normalized spacial score (nSPS) is 12.0. The van der Waals surface area contributed by atoms with E-state index in [-0.39, 0.29) is 0 Å². The van der Waals surface area contributed by atoms with Crippen LogP contribution in [-0.4, -0.2) is 6.15 Å². The summed E-state index contributed by atoms with van der Waals surface area (Å²) < 4.78 is 0. The first kappa shape index (κ1) is 34.8. The minimum atomic E-state index is -1.63. The van der Waals surface area contributed by atoms with E-state index in [0.717, 1.165) is 0 Å². The van der Waals surface area contributed by atoms with Crippen molar-refractivity contribution in [3.8, 4) is 0 Å². The Hall–Kier alpha value is -3.06. The van der Waals surface area contributed by atoms with Crippen LogP contribution in [0.2, 0.25) is 0 Å². The zero-order valence-corrected chi connectivity index (χ0v) is 32.6. The van der Waals surface area contributed by atoms with Crippen LogP contribution in [0.25, 0.3) is 0 Å². The average molecular weight is 600 g/mol. The van der Waals surface area contributed by atoms with Gasteiger partial charge in [0.05, 0.1) is 0 Å². The van der Waals surface area contributed by atoms with Gasteiger partial charge in [0.25, 0.3) is 0 Å². The molecule has 0 radical (unpaired) electrons. The Balaban J connectivity index is 2.69. The summed E-state index contributed by atoms with van der Waals surface area (Å²) in [6, 6.07) is 0. The Labute approximate surface area is 277 Å². The summed E-state index contributed by atoms with van der Waals surface area (Å²) in [5, 5.41) is 0. The van der Waals surface area contributed by atoms with E-state index in [1.165, 1.54) is 111 Å². The quantitative estimate of drug-likeness (QED) is 0.205. The summed E-state index contributed by atoms with van der Waals surface area (Å²) >= 11 is 0. The predicted molar refractivity (Wildman–Crippen MR) is 205 cm³/mol. The molecular formula is C44H60B-. The van der Waals surface area contributed by atoms with Gasteiger partial charge in [0.2, 0.25) is 0 Å². The van der Waals surface area contributed by atoms with Gasteiger partial charge in [-0.25, -0.2) is 0 Å². The minimum absolute atomic E-state index is 1.43. The largest absolute Gasteiger partial charge is 0.189 e. The monoisotopic (exact) mass is 599 g/mol. The van der Waals surface area contributed by atoms with Gasteiger partial charge in [0, 0.05) is 0 Å². The highest BCUT2D eigenvalue weighted by atomic mass is 14.3. The van der Waals surface area contributed by atoms with Crippen LogP contribution in [0.3, 0.4) is 0 Å². The van der Waals surface area contributed by atoms with Gasteiger partial charge in [-0.15, -0.1) is 0 Å². The molecule has 0 aromatic heterocycles. The summed E-state index contributed by atoms with van der Waals surface area (Å²) in [5.41, 5.74) is 35.0. The van der Waals surface area contributed by atoms with Gasteiger partial charge in [-0.3, -0.25) is 0 Å². The lowest BCUT2D eigenvalue weighted by molar-refractivity contribution is 1.16. The topological polar surface area (TPSA) is 0 Å². The molecule has 0 fully saturated rings. The Bertz CT molecular complexity index is 1530. The summed E-state index contributed by atoms with van der Waals surface area (Å²) in [5.74, 6) is 0. The molecule has 1 heteroatoms. The number of hydrogen-bond donors (Lipinski definition) is 0. The zero-order chi connectivity index (χ0) is 34.4.